The van der Waals surface area contributed by atoms with Gasteiger partial charge < -0.3 is 19.9 Å². The van der Waals surface area contributed by atoms with Gasteiger partial charge in [-0.1, -0.05) is 0 Å². The third-order valence-corrected chi connectivity index (χ3v) is 7.97. The highest BCUT2D eigenvalue weighted by Crippen LogP contribution is 2.46. The minimum Gasteiger partial charge on any atom is -0.406 e. The average Bonchev–Trinajstić information content (AvgIpc) is 3.53. The van der Waals surface area contributed by atoms with Crippen LogP contribution in [0, 0.1) is 11.2 Å². The molecule has 190 valence electrons. The van der Waals surface area contributed by atoms with Gasteiger partial charge in [0.1, 0.15) is 17.2 Å². The Morgan fingerprint density at radius 2 is 1.89 bits per heavy atom. The van der Waals surface area contributed by atoms with Crippen molar-refractivity contribution in [2.24, 2.45) is 5.41 Å². The second kappa shape index (κ2) is 8.47. The fourth-order valence-electron chi connectivity index (χ4n) is 6.28. The molecule has 3 aliphatic rings. The number of carbonyl (C=O) groups excluding carboxylic acids is 1. The lowest BCUT2D eigenvalue weighted by Crippen LogP contribution is -2.38. The molecule has 1 unspecified atom stereocenters. The number of ether oxygens (including phenoxy) is 1. The molecule has 0 radical (unpaired) electrons. The van der Waals surface area contributed by atoms with Gasteiger partial charge in [-0.2, -0.15) is 0 Å². The number of alkyl halides is 3. The second-order valence-electron chi connectivity index (χ2n) is 10.2. The molecule has 6 rings (SSSR count). The van der Waals surface area contributed by atoms with Crippen molar-refractivity contribution >= 4 is 16.9 Å². The third kappa shape index (κ3) is 4.11. The molecule has 3 aromatic rings. The molecule has 1 spiro atoms. The maximum atomic E-state index is 15.2. The van der Waals surface area contributed by atoms with Crippen LogP contribution in [0.15, 0.2) is 30.5 Å². The number of fused-ring (bicyclic) bond motifs is 3. The topological polar surface area (TPSA) is 70.2 Å². The van der Waals surface area contributed by atoms with Crippen LogP contribution in [0.25, 0.3) is 11.0 Å². The fourth-order valence-corrected chi connectivity index (χ4v) is 6.28. The van der Waals surface area contributed by atoms with Gasteiger partial charge in [0.25, 0.3) is 5.91 Å². The van der Waals surface area contributed by atoms with Gasteiger partial charge in [0.05, 0.1) is 6.20 Å². The molecule has 2 aliphatic heterocycles. The maximum Gasteiger partial charge on any atom is 0.573 e. The SMILES string of the molecule is O=C(c1ccc(OC(F)(F)F)cc1)N1CCC(c2c(F)cnc3[nH]c4c(c23)CC2(CCNC2)C4)CC1. The summed E-state index contributed by atoms with van der Waals surface area (Å²) in [6, 6.07) is 4.93. The van der Waals surface area contributed by atoms with Crippen molar-refractivity contribution in [3.8, 4) is 5.75 Å². The van der Waals surface area contributed by atoms with E-state index in [1.54, 1.807) is 4.90 Å². The Labute approximate surface area is 205 Å². The maximum absolute atomic E-state index is 15.2. The molecular formula is C26H26F4N4O2. The van der Waals surface area contributed by atoms with Crippen LogP contribution >= 0.6 is 0 Å². The summed E-state index contributed by atoms with van der Waals surface area (Å²) in [4.78, 5) is 22.4. The Balaban J connectivity index is 1.19. The monoisotopic (exact) mass is 502 g/mol. The number of halogens is 4. The molecule has 1 aliphatic carbocycles. The highest BCUT2D eigenvalue weighted by atomic mass is 19.4. The molecule has 2 aromatic heterocycles. The second-order valence-corrected chi connectivity index (χ2v) is 10.2. The molecule has 1 amide bonds. The van der Waals surface area contributed by atoms with Crippen LogP contribution in [-0.4, -0.2) is 53.3 Å². The van der Waals surface area contributed by atoms with E-state index in [0.717, 1.165) is 55.5 Å². The van der Waals surface area contributed by atoms with Crippen molar-refractivity contribution in [3.63, 3.8) is 0 Å². The standard InChI is InChI=1S/C26H26F4N4O2/c27-19-13-32-23-22(18-11-25(7-8-31-14-25)12-20(18)33-23)21(19)15-5-9-34(10-6-15)24(35)16-1-3-17(4-2-16)36-26(28,29)30/h1-4,13,15,31H,5-12,14H2,(H,32,33). The first-order chi connectivity index (χ1) is 17.2. The Kier molecular flexibility index (Phi) is 5.47. The number of amides is 1. The highest BCUT2D eigenvalue weighted by Gasteiger charge is 2.42. The van der Waals surface area contributed by atoms with Gasteiger partial charge in [0.15, 0.2) is 0 Å². The number of nitrogens with zero attached hydrogens (tertiary/aromatic N) is 2. The summed E-state index contributed by atoms with van der Waals surface area (Å²) in [5, 5.41) is 4.38. The van der Waals surface area contributed by atoms with Gasteiger partial charge in [-0.15, -0.1) is 13.2 Å². The molecule has 4 heterocycles. The van der Waals surface area contributed by atoms with Crippen molar-refractivity contribution in [1.82, 2.24) is 20.2 Å². The molecular weight excluding hydrogens is 476 g/mol. The minimum absolute atomic E-state index is 0.0414. The van der Waals surface area contributed by atoms with Crippen molar-refractivity contribution in [1.29, 1.82) is 0 Å². The number of aromatic amines is 1. The van der Waals surface area contributed by atoms with E-state index in [1.165, 1.54) is 29.6 Å². The zero-order valence-corrected chi connectivity index (χ0v) is 19.6. The number of rotatable bonds is 3. The summed E-state index contributed by atoms with van der Waals surface area (Å²) in [5.74, 6) is -0.977. The number of hydrogen-bond donors (Lipinski definition) is 2. The van der Waals surface area contributed by atoms with E-state index in [2.05, 4.69) is 20.0 Å². The quantitative estimate of drug-likeness (QED) is 0.510. The van der Waals surface area contributed by atoms with Gasteiger partial charge in [-0.3, -0.25) is 4.79 Å². The van der Waals surface area contributed by atoms with E-state index in [1.807, 2.05) is 0 Å². The molecule has 0 saturated carbocycles. The van der Waals surface area contributed by atoms with E-state index in [-0.39, 0.29) is 28.8 Å². The summed E-state index contributed by atoms with van der Waals surface area (Å²) in [7, 11) is 0. The minimum atomic E-state index is -4.78. The summed E-state index contributed by atoms with van der Waals surface area (Å²) in [5.41, 5.74) is 4.28. The van der Waals surface area contributed by atoms with Crippen LogP contribution in [0.1, 0.15) is 52.4 Å². The molecule has 10 heteroatoms. The number of piperidine rings is 1. The van der Waals surface area contributed by atoms with Crippen LogP contribution in [-0.2, 0) is 12.8 Å². The normalized spacial score (nSPS) is 22.5. The number of hydrogen-bond acceptors (Lipinski definition) is 4. The lowest BCUT2D eigenvalue weighted by Gasteiger charge is -2.33. The summed E-state index contributed by atoms with van der Waals surface area (Å²) in [6.07, 6.45) is 0.686. The van der Waals surface area contributed by atoms with Gasteiger partial charge in [-0.25, -0.2) is 9.37 Å². The highest BCUT2D eigenvalue weighted by molar-refractivity contribution is 5.94. The van der Waals surface area contributed by atoms with Crippen molar-refractivity contribution in [2.45, 2.75) is 44.4 Å². The molecule has 2 N–H and O–H groups in total. The van der Waals surface area contributed by atoms with E-state index >= 15 is 4.39 Å². The van der Waals surface area contributed by atoms with Gasteiger partial charge in [-0.05, 0) is 79.8 Å². The van der Waals surface area contributed by atoms with Crippen LogP contribution in [0.5, 0.6) is 5.75 Å². The lowest BCUT2D eigenvalue weighted by atomic mass is 9.82. The molecule has 2 fully saturated rings. The number of likely N-dealkylation sites (tertiary alicyclic amines) is 1. The number of pyridine rings is 1. The van der Waals surface area contributed by atoms with Crippen molar-refractivity contribution in [2.75, 3.05) is 26.2 Å². The number of carbonyl (C=O) groups is 1. The van der Waals surface area contributed by atoms with Gasteiger partial charge >= 0.3 is 6.36 Å². The molecule has 0 bridgehead atoms. The number of nitrogens with one attached hydrogen (secondary N) is 2. The van der Waals surface area contributed by atoms with Crippen LogP contribution < -0.4 is 10.1 Å². The van der Waals surface area contributed by atoms with E-state index in [4.69, 9.17) is 0 Å². The van der Waals surface area contributed by atoms with E-state index in [0.29, 0.717) is 37.1 Å². The number of benzene rings is 1. The van der Waals surface area contributed by atoms with Crippen LogP contribution in [0.2, 0.25) is 0 Å². The van der Waals surface area contributed by atoms with Crippen molar-refractivity contribution < 1.29 is 27.1 Å². The smallest absolute Gasteiger partial charge is 0.406 e. The van der Waals surface area contributed by atoms with Crippen LogP contribution in [0.4, 0.5) is 17.6 Å². The third-order valence-electron chi connectivity index (χ3n) is 7.97. The summed E-state index contributed by atoms with van der Waals surface area (Å²) >= 11 is 0. The Morgan fingerprint density at radius 1 is 1.14 bits per heavy atom. The van der Waals surface area contributed by atoms with Gasteiger partial charge in [0.2, 0.25) is 0 Å². The van der Waals surface area contributed by atoms with Gasteiger partial charge in [0, 0.05) is 41.8 Å². The number of H-pyrrole nitrogens is 1. The Bertz CT molecular complexity index is 1300. The molecule has 1 aromatic carbocycles. The first-order valence-corrected chi connectivity index (χ1v) is 12.2. The molecule has 6 nitrogen and oxygen atoms in total. The molecule has 1 atom stereocenters. The zero-order chi connectivity index (χ0) is 25.1. The summed E-state index contributed by atoms with van der Waals surface area (Å²) in [6.45, 7) is 2.85. The van der Waals surface area contributed by atoms with E-state index in [9.17, 15) is 18.0 Å². The first kappa shape index (κ1) is 23.3. The molecule has 36 heavy (non-hydrogen) atoms. The fraction of sp³-hybridized carbons (Fsp3) is 0.462. The predicted molar refractivity (Wildman–Crippen MR) is 124 cm³/mol. The largest absolute Gasteiger partial charge is 0.573 e. The Hall–Kier alpha value is -3.14. The van der Waals surface area contributed by atoms with Crippen molar-refractivity contribution in [3.05, 3.63) is 58.7 Å². The molecule has 2 saturated heterocycles. The Morgan fingerprint density at radius 3 is 2.56 bits per heavy atom. The first-order valence-electron chi connectivity index (χ1n) is 12.2. The lowest BCUT2D eigenvalue weighted by molar-refractivity contribution is -0.274. The predicted octanol–water partition coefficient (Wildman–Crippen LogP) is 4.70. The summed E-state index contributed by atoms with van der Waals surface area (Å²) < 4.78 is 56.3. The van der Waals surface area contributed by atoms with E-state index < -0.39 is 6.36 Å². The average molecular weight is 503 g/mol. The zero-order valence-electron chi connectivity index (χ0n) is 19.6. The van der Waals surface area contributed by atoms with Crippen LogP contribution in [0.3, 0.4) is 0 Å². The number of aromatic nitrogens is 2.